The molecule has 0 bridgehead atoms. The zero-order chi connectivity index (χ0) is 24.4. The highest BCUT2D eigenvalue weighted by molar-refractivity contribution is 5.14. The van der Waals surface area contributed by atoms with E-state index < -0.39 is 0 Å². The molecule has 0 spiro atoms. The third kappa shape index (κ3) is 11.7. The summed E-state index contributed by atoms with van der Waals surface area (Å²) in [5.41, 5.74) is 2.34. The highest BCUT2D eigenvalue weighted by atomic mass is 16.7. The lowest BCUT2D eigenvalue weighted by Crippen LogP contribution is -2.29. The first-order valence-electron chi connectivity index (χ1n) is 13.9. The summed E-state index contributed by atoms with van der Waals surface area (Å²) < 4.78 is 24.6. The van der Waals surface area contributed by atoms with Gasteiger partial charge in [-0.25, -0.2) is 0 Å². The molecular weight excluding hydrogens is 436 g/mol. The van der Waals surface area contributed by atoms with Crippen LogP contribution in [0.15, 0.2) is 60.7 Å². The zero-order valence-electron chi connectivity index (χ0n) is 21.7. The highest BCUT2D eigenvalue weighted by Crippen LogP contribution is 2.26. The van der Waals surface area contributed by atoms with Crippen LogP contribution >= 0.6 is 0 Å². The first-order chi connectivity index (χ1) is 17.3. The van der Waals surface area contributed by atoms with Gasteiger partial charge in [0, 0.05) is 13.0 Å². The van der Waals surface area contributed by atoms with Gasteiger partial charge in [-0.15, -0.1) is 0 Å². The van der Waals surface area contributed by atoms with Crippen molar-refractivity contribution in [2.75, 3.05) is 13.2 Å². The van der Waals surface area contributed by atoms with Crippen molar-refractivity contribution < 1.29 is 18.9 Å². The Morgan fingerprint density at radius 1 is 0.686 bits per heavy atom. The number of unbranched alkanes of at least 4 members (excludes halogenated alkanes) is 9. The summed E-state index contributed by atoms with van der Waals surface area (Å²) in [7, 11) is 0. The molecule has 1 saturated heterocycles. The maximum absolute atomic E-state index is 6.26. The monoisotopic (exact) mass is 482 g/mol. The summed E-state index contributed by atoms with van der Waals surface area (Å²) in [6.07, 6.45) is 13.7. The quantitative estimate of drug-likeness (QED) is 0.191. The third-order valence-corrected chi connectivity index (χ3v) is 6.67. The predicted octanol–water partition coefficient (Wildman–Crippen LogP) is 7.84. The van der Waals surface area contributed by atoms with Gasteiger partial charge >= 0.3 is 0 Å². The lowest BCUT2D eigenvalue weighted by atomic mass is 10.1. The summed E-state index contributed by atoms with van der Waals surface area (Å²) in [4.78, 5) is 0. The molecule has 0 aliphatic carbocycles. The molecule has 4 heteroatoms. The molecule has 1 unspecified atom stereocenters. The summed E-state index contributed by atoms with van der Waals surface area (Å²) in [5.74, 6) is 0. The molecule has 3 atom stereocenters. The van der Waals surface area contributed by atoms with Gasteiger partial charge in [0.1, 0.15) is 6.10 Å². The van der Waals surface area contributed by atoms with Gasteiger partial charge in [-0.3, -0.25) is 0 Å². The van der Waals surface area contributed by atoms with E-state index in [0.717, 1.165) is 19.4 Å². The SMILES string of the molecule is CCCCCCCCCCCCOC1C[C@H](OCc2ccccc2)[C@@H](COCc2ccccc2)O1. The van der Waals surface area contributed by atoms with E-state index in [1.807, 2.05) is 36.4 Å². The minimum Gasteiger partial charge on any atom is -0.374 e. The van der Waals surface area contributed by atoms with Crippen molar-refractivity contribution >= 4 is 0 Å². The van der Waals surface area contributed by atoms with Crippen molar-refractivity contribution in [2.45, 2.75) is 109 Å². The minimum absolute atomic E-state index is 0.0244. The molecule has 0 radical (unpaired) electrons. The van der Waals surface area contributed by atoms with Gasteiger partial charge < -0.3 is 18.9 Å². The molecule has 1 heterocycles. The predicted molar refractivity (Wildman–Crippen MR) is 142 cm³/mol. The van der Waals surface area contributed by atoms with Crippen molar-refractivity contribution in [3.05, 3.63) is 71.8 Å². The van der Waals surface area contributed by atoms with Gasteiger partial charge in [-0.05, 0) is 17.5 Å². The van der Waals surface area contributed by atoms with Crippen LogP contribution in [0, 0.1) is 0 Å². The van der Waals surface area contributed by atoms with E-state index in [0.29, 0.717) is 19.8 Å². The fourth-order valence-electron chi connectivity index (χ4n) is 4.56. The van der Waals surface area contributed by atoms with E-state index in [2.05, 4.69) is 31.2 Å². The molecule has 1 aliphatic rings. The first-order valence-corrected chi connectivity index (χ1v) is 13.9. The number of ether oxygens (including phenoxy) is 4. The summed E-state index contributed by atoms with van der Waals surface area (Å²) in [6.45, 7) is 4.69. The third-order valence-electron chi connectivity index (χ3n) is 6.67. The Bertz CT molecular complexity index is 751. The van der Waals surface area contributed by atoms with Gasteiger partial charge in [0.2, 0.25) is 0 Å². The molecule has 1 fully saturated rings. The van der Waals surface area contributed by atoms with E-state index >= 15 is 0 Å². The molecule has 35 heavy (non-hydrogen) atoms. The van der Waals surface area contributed by atoms with E-state index in [1.54, 1.807) is 0 Å². The average molecular weight is 483 g/mol. The van der Waals surface area contributed by atoms with Crippen molar-refractivity contribution in [1.82, 2.24) is 0 Å². The van der Waals surface area contributed by atoms with Gasteiger partial charge in [-0.2, -0.15) is 0 Å². The number of hydrogen-bond acceptors (Lipinski definition) is 4. The fraction of sp³-hybridized carbons (Fsp3) is 0.613. The molecular formula is C31H46O4. The maximum atomic E-state index is 6.26. The number of rotatable bonds is 19. The number of hydrogen-bond donors (Lipinski definition) is 0. The minimum atomic E-state index is -0.209. The van der Waals surface area contributed by atoms with Gasteiger partial charge in [0.25, 0.3) is 0 Å². The normalized spacial score (nSPS) is 19.9. The first kappa shape index (κ1) is 27.9. The topological polar surface area (TPSA) is 36.9 Å². The maximum Gasteiger partial charge on any atom is 0.160 e. The van der Waals surface area contributed by atoms with E-state index in [-0.39, 0.29) is 18.5 Å². The van der Waals surface area contributed by atoms with Crippen LogP contribution in [-0.4, -0.2) is 31.7 Å². The Hall–Kier alpha value is -1.72. The average Bonchev–Trinajstić information content (AvgIpc) is 3.29. The van der Waals surface area contributed by atoms with Crippen molar-refractivity contribution in [3.8, 4) is 0 Å². The van der Waals surface area contributed by atoms with Crippen molar-refractivity contribution in [3.63, 3.8) is 0 Å². The lowest BCUT2D eigenvalue weighted by molar-refractivity contribution is -0.151. The van der Waals surface area contributed by atoms with Crippen LogP contribution in [0.4, 0.5) is 0 Å². The summed E-state index contributed by atoms with van der Waals surface area (Å²) in [6, 6.07) is 20.6. The second-order valence-corrected chi connectivity index (χ2v) is 9.73. The Kier molecular flexibility index (Phi) is 14.1. The largest absolute Gasteiger partial charge is 0.374 e. The van der Waals surface area contributed by atoms with Crippen LogP contribution in [0.1, 0.15) is 88.7 Å². The molecule has 2 aromatic carbocycles. The fourth-order valence-corrected chi connectivity index (χ4v) is 4.56. The van der Waals surface area contributed by atoms with E-state index in [9.17, 15) is 0 Å². The van der Waals surface area contributed by atoms with E-state index in [4.69, 9.17) is 18.9 Å². The summed E-state index contributed by atoms with van der Waals surface area (Å²) in [5, 5.41) is 0. The van der Waals surface area contributed by atoms with Crippen LogP contribution in [0.25, 0.3) is 0 Å². The van der Waals surface area contributed by atoms with Crippen LogP contribution in [0.2, 0.25) is 0 Å². The molecule has 0 aromatic heterocycles. The van der Waals surface area contributed by atoms with E-state index in [1.165, 1.54) is 68.9 Å². The van der Waals surface area contributed by atoms with Crippen LogP contribution in [-0.2, 0) is 32.2 Å². The van der Waals surface area contributed by atoms with Gasteiger partial charge in [0.15, 0.2) is 6.29 Å². The lowest BCUT2D eigenvalue weighted by Gasteiger charge is -2.19. The molecule has 194 valence electrons. The Labute approximate surface area is 213 Å². The van der Waals surface area contributed by atoms with Gasteiger partial charge in [-0.1, -0.05) is 125 Å². The molecule has 0 saturated carbocycles. The van der Waals surface area contributed by atoms with Crippen molar-refractivity contribution in [1.29, 1.82) is 0 Å². The Balaban J connectivity index is 1.32. The molecule has 1 aliphatic heterocycles. The molecule has 0 amide bonds. The highest BCUT2D eigenvalue weighted by Gasteiger charge is 2.36. The van der Waals surface area contributed by atoms with Crippen LogP contribution in [0.3, 0.4) is 0 Å². The second-order valence-electron chi connectivity index (χ2n) is 9.73. The summed E-state index contributed by atoms with van der Waals surface area (Å²) >= 11 is 0. The van der Waals surface area contributed by atoms with Crippen molar-refractivity contribution in [2.24, 2.45) is 0 Å². The zero-order valence-corrected chi connectivity index (χ0v) is 21.7. The van der Waals surface area contributed by atoms with Crippen LogP contribution in [0.5, 0.6) is 0 Å². The van der Waals surface area contributed by atoms with Crippen LogP contribution < -0.4 is 0 Å². The second kappa shape index (κ2) is 17.7. The smallest absolute Gasteiger partial charge is 0.160 e. The van der Waals surface area contributed by atoms with Gasteiger partial charge in [0.05, 0.1) is 25.9 Å². The molecule has 0 N–H and O–H groups in total. The standard InChI is InChI=1S/C31H46O4/c1-2-3-4-5-6-7-8-9-10-17-22-33-31-23-29(34-25-28-20-15-12-16-21-28)30(35-31)26-32-24-27-18-13-11-14-19-27/h11-16,18-21,29-31H,2-10,17,22-26H2,1H3/t29-,30+,31?/m0/s1. The molecule has 3 rings (SSSR count). The molecule has 4 nitrogen and oxygen atoms in total. The Morgan fingerprint density at radius 3 is 1.89 bits per heavy atom. The number of benzene rings is 2. The molecule has 2 aromatic rings. The Morgan fingerprint density at radius 2 is 1.26 bits per heavy atom.